The number of halogens is 5. The molecule has 0 aromatic heterocycles. The molecule has 0 bridgehead atoms. The zero-order valence-electron chi connectivity index (χ0n) is 6.19. The molecule has 0 amide bonds. The zero-order valence-corrected chi connectivity index (χ0v) is 6.19. The van der Waals surface area contributed by atoms with Crippen LogP contribution >= 0.6 is 0 Å². The summed E-state index contributed by atoms with van der Waals surface area (Å²) >= 11 is 0. The van der Waals surface area contributed by atoms with Crippen molar-refractivity contribution in [2.45, 2.75) is 31.4 Å². The third-order valence-electron chi connectivity index (χ3n) is 1.29. The summed E-state index contributed by atoms with van der Waals surface area (Å²) in [7, 11) is 0. The van der Waals surface area contributed by atoms with Crippen LogP contribution in [0.3, 0.4) is 0 Å². The van der Waals surface area contributed by atoms with E-state index in [1.54, 1.807) is 0 Å². The van der Waals surface area contributed by atoms with E-state index < -0.39 is 31.4 Å². The highest BCUT2D eigenvalue weighted by molar-refractivity contribution is 4.83. The van der Waals surface area contributed by atoms with E-state index in [0.29, 0.717) is 0 Å². The second-order valence-corrected chi connectivity index (χ2v) is 2.28. The van der Waals surface area contributed by atoms with E-state index in [4.69, 9.17) is 0 Å². The molecule has 0 aliphatic heterocycles. The van der Waals surface area contributed by atoms with Crippen molar-refractivity contribution in [2.24, 2.45) is 0 Å². The van der Waals surface area contributed by atoms with Crippen LogP contribution in [0.4, 0.5) is 22.0 Å². The first-order valence-corrected chi connectivity index (χ1v) is 3.32. The van der Waals surface area contributed by atoms with Crippen LogP contribution in [0.25, 0.3) is 0 Å². The molecule has 0 N–H and O–H groups in total. The van der Waals surface area contributed by atoms with E-state index in [1.807, 2.05) is 0 Å². The maximum absolute atomic E-state index is 12.3. The lowest BCUT2D eigenvalue weighted by Crippen LogP contribution is -2.27. The maximum Gasteiger partial charge on any atom is 0.272 e. The minimum Gasteiger partial charge on any atom is -0.244 e. The van der Waals surface area contributed by atoms with E-state index in [0.717, 1.165) is 6.08 Å². The largest absolute Gasteiger partial charge is 0.272 e. The molecular weight excluding hydrogens is 179 g/mol. The van der Waals surface area contributed by atoms with Gasteiger partial charge in [0.05, 0.1) is 0 Å². The van der Waals surface area contributed by atoms with Crippen LogP contribution in [-0.4, -0.2) is 24.9 Å². The van der Waals surface area contributed by atoms with Crippen molar-refractivity contribution in [3.8, 4) is 0 Å². The summed E-state index contributed by atoms with van der Waals surface area (Å²) in [5.41, 5.74) is 0. The van der Waals surface area contributed by atoms with Crippen molar-refractivity contribution < 1.29 is 22.0 Å². The van der Waals surface area contributed by atoms with E-state index in [2.05, 4.69) is 6.58 Å². The Labute approximate surface area is 67.1 Å². The molecule has 0 aliphatic rings. The Bertz CT molecular complexity index is 136. The highest BCUT2D eigenvalue weighted by atomic mass is 19.3. The Balaban J connectivity index is 3.85. The molecule has 0 aromatic carbocycles. The SMILES string of the molecule is C=CC(F)CC(F)C(F)C(F)F. The van der Waals surface area contributed by atoms with Gasteiger partial charge >= 0.3 is 0 Å². The van der Waals surface area contributed by atoms with Crippen molar-refractivity contribution in [3.05, 3.63) is 12.7 Å². The van der Waals surface area contributed by atoms with Gasteiger partial charge < -0.3 is 0 Å². The first kappa shape index (κ1) is 11.4. The lowest BCUT2D eigenvalue weighted by atomic mass is 10.1. The molecule has 3 atom stereocenters. The first-order valence-electron chi connectivity index (χ1n) is 3.32. The van der Waals surface area contributed by atoms with Gasteiger partial charge in [0, 0.05) is 6.42 Å². The van der Waals surface area contributed by atoms with E-state index in [9.17, 15) is 22.0 Å². The zero-order chi connectivity index (χ0) is 9.72. The summed E-state index contributed by atoms with van der Waals surface area (Å²) in [6, 6.07) is 0. The van der Waals surface area contributed by atoms with Gasteiger partial charge in [-0.15, -0.1) is 6.58 Å². The summed E-state index contributed by atoms with van der Waals surface area (Å²) in [5, 5.41) is 0. The minimum absolute atomic E-state index is 0.741. The topological polar surface area (TPSA) is 0 Å². The summed E-state index contributed by atoms with van der Waals surface area (Å²) in [4.78, 5) is 0. The van der Waals surface area contributed by atoms with Gasteiger partial charge in [0.1, 0.15) is 12.3 Å². The molecule has 0 radical (unpaired) electrons. The fraction of sp³-hybridized carbons (Fsp3) is 0.714. The van der Waals surface area contributed by atoms with Crippen LogP contribution in [0, 0.1) is 0 Å². The molecule has 5 heteroatoms. The van der Waals surface area contributed by atoms with E-state index in [-0.39, 0.29) is 0 Å². The van der Waals surface area contributed by atoms with Gasteiger partial charge in [-0.1, -0.05) is 6.08 Å². The molecule has 0 fully saturated rings. The van der Waals surface area contributed by atoms with Crippen LogP contribution in [-0.2, 0) is 0 Å². The highest BCUT2D eigenvalue weighted by Crippen LogP contribution is 2.18. The van der Waals surface area contributed by atoms with Crippen LogP contribution < -0.4 is 0 Å². The van der Waals surface area contributed by atoms with Crippen LogP contribution in [0.5, 0.6) is 0 Å². The Morgan fingerprint density at radius 1 is 1.08 bits per heavy atom. The van der Waals surface area contributed by atoms with Gasteiger partial charge in [0.25, 0.3) is 6.43 Å². The molecule has 0 rings (SSSR count). The van der Waals surface area contributed by atoms with Crippen molar-refractivity contribution >= 4 is 0 Å². The molecule has 0 saturated heterocycles. The third kappa shape index (κ3) is 3.69. The summed E-state index contributed by atoms with van der Waals surface area (Å²) < 4.78 is 59.6. The smallest absolute Gasteiger partial charge is 0.244 e. The summed E-state index contributed by atoms with van der Waals surface area (Å²) in [6.45, 7) is 2.97. The molecule has 3 unspecified atom stereocenters. The Kier molecular flexibility index (Phi) is 4.85. The van der Waals surface area contributed by atoms with Gasteiger partial charge in [-0.05, 0) is 0 Å². The van der Waals surface area contributed by atoms with Gasteiger partial charge in [0.2, 0.25) is 0 Å². The van der Waals surface area contributed by atoms with Crippen molar-refractivity contribution in [1.29, 1.82) is 0 Å². The molecule has 0 aromatic rings. The van der Waals surface area contributed by atoms with Crippen LogP contribution in [0.15, 0.2) is 12.7 Å². The lowest BCUT2D eigenvalue weighted by Gasteiger charge is -2.12. The van der Waals surface area contributed by atoms with Crippen molar-refractivity contribution in [3.63, 3.8) is 0 Å². The summed E-state index contributed by atoms with van der Waals surface area (Å²) in [6.07, 6.45) is -10.7. The molecule has 0 heterocycles. The minimum atomic E-state index is -3.41. The first-order chi connectivity index (χ1) is 5.49. The molecule has 72 valence electrons. The standard InChI is InChI=1S/C7H9F5/c1-2-4(8)3-5(9)6(10)7(11)12/h2,4-7H,1,3H2. The molecule has 0 nitrogen and oxygen atoms in total. The number of hydrogen-bond acceptors (Lipinski definition) is 0. The van der Waals surface area contributed by atoms with E-state index in [1.165, 1.54) is 0 Å². The third-order valence-corrected chi connectivity index (χ3v) is 1.29. The quantitative estimate of drug-likeness (QED) is 0.459. The normalized spacial score (nSPS) is 18.8. The van der Waals surface area contributed by atoms with Gasteiger partial charge in [0.15, 0.2) is 6.17 Å². The highest BCUT2D eigenvalue weighted by Gasteiger charge is 2.30. The number of hydrogen-bond donors (Lipinski definition) is 0. The number of rotatable bonds is 5. The predicted octanol–water partition coefficient (Wildman–Crippen LogP) is 2.84. The van der Waals surface area contributed by atoms with E-state index >= 15 is 0 Å². The van der Waals surface area contributed by atoms with Gasteiger partial charge in [-0.2, -0.15) is 0 Å². The van der Waals surface area contributed by atoms with Gasteiger partial charge in [-0.3, -0.25) is 0 Å². The molecule has 12 heavy (non-hydrogen) atoms. The molecule has 0 aliphatic carbocycles. The monoisotopic (exact) mass is 188 g/mol. The second kappa shape index (κ2) is 5.11. The number of alkyl halides is 5. The Morgan fingerprint density at radius 3 is 1.92 bits per heavy atom. The summed E-state index contributed by atoms with van der Waals surface area (Å²) in [5.74, 6) is 0. The molecule has 0 spiro atoms. The maximum atomic E-state index is 12.3. The van der Waals surface area contributed by atoms with Crippen LogP contribution in [0.1, 0.15) is 6.42 Å². The lowest BCUT2D eigenvalue weighted by molar-refractivity contribution is -0.00331. The van der Waals surface area contributed by atoms with Crippen molar-refractivity contribution in [2.75, 3.05) is 0 Å². The number of allylic oxidation sites excluding steroid dienone is 1. The van der Waals surface area contributed by atoms with Crippen molar-refractivity contribution in [1.82, 2.24) is 0 Å². The fourth-order valence-corrected chi connectivity index (χ4v) is 0.599. The molecular formula is C7H9F5. The Hall–Kier alpha value is -0.610. The van der Waals surface area contributed by atoms with Gasteiger partial charge in [-0.25, -0.2) is 22.0 Å². The average Bonchev–Trinajstić information content (AvgIpc) is 2.02. The predicted molar refractivity (Wildman–Crippen MR) is 35.5 cm³/mol. The second-order valence-electron chi connectivity index (χ2n) is 2.28. The van der Waals surface area contributed by atoms with Crippen LogP contribution in [0.2, 0.25) is 0 Å². The fourth-order valence-electron chi connectivity index (χ4n) is 0.599. The Morgan fingerprint density at radius 2 is 1.58 bits per heavy atom. The average molecular weight is 188 g/mol. The molecule has 0 saturated carbocycles.